The molecule has 0 bridgehead atoms. The summed E-state index contributed by atoms with van der Waals surface area (Å²) in [5, 5.41) is 3.60. The van der Waals surface area contributed by atoms with Crippen LogP contribution in [0.3, 0.4) is 0 Å². The molecule has 0 spiro atoms. The summed E-state index contributed by atoms with van der Waals surface area (Å²) < 4.78 is 0.549. The summed E-state index contributed by atoms with van der Waals surface area (Å²) in [6.45, 7) is 0. The lowest BCUT2D eigenvalue weighted by atomic mass is 10.3. The Bertz CT molecular complexity index is 740. The van der Waals surface area contributed by atoms with Crippen molar-refractivity contribution in [2.45, 2.75) is 0 Å². The van der Waals surface area contributed by atoms with E-state index in [1.165, 1.54) is 22.7 Å². The zero-order valence-corrected chi connectivity index (χ0v) is 10.1. The van der Waals surface area contributed by atoms with Crippen molar-refractivity contribution in [2.75, 3.05) is 0 Å². The number of aromatic nitrogens is 2. The van der Waals surface area contributed by atoms with Crippen LogP contribution in [0.15, 0.2) is 33.8 Å². The van der Waals surface area contributed by atoms with E-state index in [1.807, 2.05) is 5.38 Å². The number of hydrogen-bond donors (Lipinski definition) is 1. The largest absolute Gasteiger partial charge is 0.302 e. The molecule has 3 aromatic rings. The molecule has 0 radical (unpaired) electrons. The monoisotopic (exact) mass is 262 g/mol. The third-order valence-corrected chi connectivity index (χ3v) is 4.05. The number of aromatic amines is 1. The number of hydrogen-bond acceptors (Lipinski definition) is 5. The Labute approximate surface area is 104 Å². The standard InChI is InChI=1S/C11H6N2O2S2/c14-8(7-2-1-4-16-7)10-12-6-3-5-17-9(6)11(15)13-10/h1-5H,(H,12,13,15). The lowest BCUT2D eigenvalue weighted by Crippen LogP contribution is -2.14. The van der Waals surface area contributed by atoms with Gasteiger partial charge in [0.1, 0.15) is 4.70 Å². The number of ketones is 1. The quantitative estimate of drug-likeness (QED) is 0.721. The summed E-state index contributed by atoms with van der Waals surface area (Å²) in [4.78, 5) is 31.0. The third kappa shape index (κ3) is 1.71. The topological polar surface area (TPSA) is 62.8 Å². The average Bonchev–Trinajstić information content (AvgIpc) is 2.98. The maximum Gasteiger partial charge on any atom is 0.269 e. The van der Waals surface area contributed by atoms with Gasteiger partial charge in [0.25, 0.3) is 5.56 Å². The summed E-state index contributed by atoms with van der Waals surface area (Å²) in [7, 11) is 0. The second kappa shape index (κ2) is 3.90. The molecule has 3 aromatic heterocycles. The summed E-state index contributed by atoms with van der Waals surface area (Å²) >= 11 is 2.65. The predicted octanol–water partition coefficient (Wildman–Crippen LogP) is 2.28. The predicted molar refractivity (Wildman–Crippen MR) is 68.0 cm³/mol. The molecule has 0 saturated carbocycles. The molecule has 4 nitrogen and oxygen atoms in total. The van der Waals surface area contributed by atoms with E-state index in [0.29, 0.717) is 15.1 Å². The number of thiophene rings is 2. The Hall–Kier alpha value is -1.79. The van der Waals surface area contributed by atoms with Crippen LogP contribution in [0, 0.1) is 0 Å². The molecule has 0 unspecified atom stereocenters. The number of carbonyl (C=O) groups is 1. The van der Waals surface area contributed by atoms with E-state index in [2.05, 4.69) is 9.97 Å². The van der Waals surface area contributed by atoms with E-state index in [0.717, 1.165) is 0 Å². The molecule has 0 fully saturated rings. The Morgan fingerprint density at radius 1 is 1.24 bits per heavy atom. The number of rotatable bonds is 2. The molecule has 0 aliphatic heterocycles. The van der Waals surface area contributed by atoms with Gasteiger partial charge < -0.3 is 4.98 Å². The van der Waals surface area contributed by atoms with Crippen LogP contribution in [-0.4, -0.2) is 15.8 Å². The minimum Gasteiger partial charge on any atom is -0.302 e. The highest BCUT2D eigenvalue weighted by Crippen LogP contribution is 2.16. The fourth-order valence-electron chi connectivity index (χ4n) is 1.51. The van der Waals surface area contributed by atoms with Gasteiger partial charge in [0, 0.05) is 0 Å². The van der Waals surface area contributed by atoms with E-state index < -0.39 is 0 Å². The van der Waals surface area contributed by atoms with Gasteiger partial charge in [-0.25, -0.2) is 4.98 Å². The van der Waals surface area contributed by atoms with Crippen molar-refractivity contribution in [2.24, 2.45) is 0 Å². The summed E-state index contributed by atoms with van der Waals surface area (Å²) in [6, 6.07) is 5.24. The van der Waals surface area contributed by atoms with Gasteiger partial charge in [-0.1, -0.05) is 6.07 Å². The zero-order valence-electron chi connectivity index (χ0n) is 8.47. The van der Waals surface area contributed by atoms with Crippen LogP contribution in [0.4, 0.5) is 0 Å². The molecular weight excluding hydrogens is 256 g/mol. The lowest BCUT2D eigenvalue weighted by Gasteiger charge is -1.97. The third-order valence-electron chi connectivity index (χ3n) is 2.27. The molecule has 3 heterocycles. The van der Waals surface area contributed by atoms with Crippen LogP contribution in [0.2, 0.25) is 0 Å². The van der Waals surface area contributed by atoms with Gasteiger partial charge in [0.05, 0.1) is 10.4 Å². The molecule has 0 saturated heterocycles. The first-order valence-corrected chi connectivity index (χ1v) is 6.57. The van der Waals surface area contributed by atoms with Gasteiger partial charge in [-0.05, 0) is 22.9 Å². The van der Waals surface area contributed by atoms with Crippen LogP contribution >= 0.6 is 22.7 Å². The highest BCUT2D eigenvalue weighted by molar-refractivity contribution is 7.17. The molecule has 84 valence electrons. The molecule has 3 rings (SSSR count). The van der Waals surface area contributed by atoms with Gasteiger partial charge in [0.2, 0.25) is 5.78 Å². The number of nitrogens with one attached hydrogen (secondary N) is 1. The summed E-state index contributed by atoms with van der Waals surface area (Å²) in [5.41, 5.74) is 0.309. The van der Waals surface area contributed by atoms with E-state index in [4.69, 9.17) is 0 Å². The number of fused-ring (bicyclic) bond motifs is 1. The van der Waals surface area contributed by atoms with Crippen LogP contribution in [0.5, 0.6) is 0 Å². The van der Waals surface area contributed by atoms with E-state index in [-0.39, 0.29) is 17.2 Å². The van der Waals surface area contributed by atoms with E-state index in [9.17, 15) is 9.59 Å². The van der Waals surface area contributed by atoms with Crippen LogP contribution in [-0.2, 0) is 0 Å². The van der Waals surface area contributed by atoms with Crippen LogP contribution < -0.4 is 5.56 Å². The highest BCUT2D eigenvalue weighted by atomic mass is 32.1. The second-order valence-corrected chi connectivity index (χ2v) is 5.22. The number of carbonyl (C=O) groups excluding carboxylic acids is 1. The molecule has 0 aliphatic carbocycles. The molecule has 0 amide bonds. The van der Waals surface area contributed by atoms with Crippen molar-refractivity contribution in [1.29, 1.82) is 0 Å². The maximum absolute atomic E-state index is 12.0. The van der Waals surface area contributed by atoms with Crippen molar-refractivity contribution >= 4 is 38.7 Å². The van der Waals surface area contributed by atoms with Crippen molar-refractivity contribution < 1.29 is 4.79 Å². The molecule has 0 aromatic carbocycles. The molecular formula is C11H6N2O2S2. The first-order chi connectivity index (χ1) is 8.25. The summed E-state index contributed by atoms with van der Waals surface area (Å²) in [5.74, 6) is -0.145. The van der Waals surface area contributed by atoms with Crippen LogP contribution in [0.1, 0.15) is 15.5 Å². The molecule has 0 atom stereocenters. The first kappa shape index (κ1) is 10.4. The Morgan fingerprint density at radius 3 is 2.88 bits per heavy atom. The Kier molecular flexibility index (Phi) is 2.38. The van der Waals surface area contributed by atoms with Gasteiger partial charge in [-0.2, -0.15) is 0 Å². The van der Waals surface area contributed by atoms with E-state index in [1.54, 1.807) is 23.6 Å². The van der Waals surface area contributed by atoms with Gasteiger partial charge in [-0.3, -0.25) is 9.59 Å². The van der Waals surface area contributed by atoms with Crippen molar-refractivity contribution in [3.8, 4) is 0 Å². The highest BCUT2D eigenvalue weighted by Gasteiger charge is 2.14. The fourth-order valence-corrected chi connectivity index (χ4v) is 2.90. The molecule has 6 heteroatoms. The van der Waals surface area contributed by atoms with Gasteiger partial charge in [-0.15, -0.1) is 22.7 Å². The number of H-pyrrole nitrogens is 1. The smallest absolute Gasteiger partial charge is 0.269 e. The molecule has 0 aliphatic rings. The normalized spacial score (nSPS) is 10.8. The lowest BCUT2D eigenvalue weighted by molar-refractivity contribution is 0.103. The SMILES string of the molecule is O=C(c1nc2ccsc2c(=O)[nH]1)c1cccs1. The van der Waals surface area contributed by atoms with Crippen molar-refractivity contribution in [3.05, 3.63) is 50.0 Å². The molecule has 17 heavy (non-hydrogen) atoms. The summed E-state index contributed by atoms with van der Waals surface area (Å²) in [6.07, 6.45) is 0. The Balaban J connectivity index is 2.18. The maximum atomic E-state index is 12.0. The number of nitrogens with zero attached hydrogens (tertiary/aromatic N) is 1. The Morgan fingerprint density at radius 2 is 2.12 bits per heavy atom. The van der Waals surface area contributed by atoms with E-state index >= 15 is 0 Å². The zero-order chi connectivity index (χ0) is 11.8. The fraction of sp³-hybridized carbons (Fsp3) is 0. The minimum absolute atomic E-state index is 0.100. The first-order valence-electron chi connectivity index (χ1n) is 4.81. The van der Waals surface area contributed by atoms with Crippen LogP contribution in [0.25, 0.3) is 10.2 Å². The van der Waals surface area contributed by atoms with Crippen molar-refractivity contribution in [3.63, 3.8) is 0 Å². The van der Waals surface area contributed by atoms with Gasteiger partial charge >= 0.3 is 0 Å². The molecule has 1 N–H and O–H groups in total. The minimum atomic E-state index is -0.259. The van der Waals surface area contributed by atoms with Crippen molar-refractivity contribution in [1.82, 2.24) is 9.97 Å². The van der Waals surface area contributed by atoms with Gasteiger partial charge in [0.15, 0.2) is 5.82 Å². The average molecular weight is 262 g/mol. The second-order valence-electron chi connectivity index (χ2n) is 3.36.